The van der Waals surface area contributed by atoms with E-state index in [1.807, 2.05) is 19.1 Å². The molecule has 0 fully saturated rings. The van der Waals surface area contributed by atoms with Crippen molar-refractivity contribution in [2.75, 3.05) is 0 Å². The average molecular weight is 538 g/mol. The first-order valence-electron chi connectivity index (χ1n) is 11.5. The number of nitrogens with zero attached hydrogens (tertiary/aromatic N) is 3. The quantitative estimate of drug-likeness (QED) is 0.272. The Morgan fingerprint density at radius 3 is 2.32 bits per heavy atom. The Balaban J connectivity index is 2.04. The van der Waals surface area contributed by atoms with Crippen LogP contribution >= 0.6 is 11.6 Å². The molecule has 11 heteroatoms. The van der Waals surface area contributed by atoms with Crippen LogP contribution in [0.4, 0.5) is 19.0 Å². The van der Waals surface area contributed by atoms with Gasteiger partial charge in [0.05, 0.1) is 5.56 Å². The number of benzene rings is 2. The van der Waals surface area contributed by atoms with Crippen molar-refractivity contribution in [3.8, 4) is 11.5 Å². The first kappa shape index (κ1) is 28.0. The molecule has 198 valence electrons. The molecule has 7 nitrogen and oxygen atoms in total. The molecular weight excluding hydrogens is 511 g/mol. The van der Waals surface area contributed by atoms with E-state index >= 15 is 0 Å². The summed E-state index contributed by atoms with van der Waals surface area (Å²) in [4.78, 5) is 29.7. The van der Waals surface area contributed by atoms with Crippen molar-refractivity contribution in [3.63, 3.8) is 0 Å². The molecule has 0 aliphatic heterocycles. The van der Waals surface area contributed by atoms with Gasteiger partial charge in [-0.3, -0.25) is 13.9 Å². The van der Waals surface area contributed by atoms with E-state index < -0.39 is 23.4 Å². The molecule has 1 unspecified atom stereocenters. The molecular formula is C26H27ClF3N3O4. The summed E-state index contributed by atoms with van der Waals surface area (Å²) in [5.74, 6) is -0.406. The van der Waals surface area contributed by atoms with Crippen LogP contribution in [-0.4, -0.2) is 21.4 Å². The van der Waals surface area contributed by atoms with Gasteiger partial charge in [-0.1, -0.05) is 36.7 Å². The van der Waals surface area contributed by atoms with Gasteiger partial charge in [0, 0.05) is 31.1 Å². The molecule has 0 radical (unpaired) electrons. The third-order valence-corrected chi connectivity index (χ3v) is 6.12. The Kier molecular flexibility index (Phi) is 8.85. The fourth-order valence-electron chi connectivity index (χ4n) is 3.81. The second kappa shape index (κ2) is 11.7. The first-order chi connectivity index (χ1) is 17.4. The van der Waals surface area contributed by atoms with Gasteiger partial charge in [-0.15, -0.1) is 13.2 Å². The Hall–Kier alpha value is -3.53. The highest BCUT2D eigenvalue weighted by molar-refractivity contribution is 6.30. The van der Waals surface area contributed by atoms with Crippen molar-refractivity contribution in [3.05, 3.63) is 85.5 Å². The van der Waals surface area contributed by atoms with Crippen LogP contribution in [0.5, 0.6) is 11.5 Å². The smallest absolute Gasteiger partial charge is 0.442 e. The summed E-state index contributed by atoms with van der Waals surface area (Å²) in [6, 6.07) is 12.5. The molecule has 3 aromatic rings. The van der Waals surface area contributed by atoms with E-state index in [1.54, 1.807) is 19.1 Å². The molecule has 0 bridgehead atoms. The van der Waals surface area contributed by atoms with Gasteiger partial charge < -0.3 is 9.47 Å². The maximum Gasteiger partial charge on any atom is 0.573 e. The molecule has 0 saturated heterocycles. The molecule has 0 N–H and O–H groups in total. The van der Waals surface area contributed by atoms with Crippen LogP contribution in [0.1, 0.15) is 30.9 Å². The largest absolute Gasteiger partial charge is 0.573 e. The van der Waals surface area contributed by atoms with Crippen LogP contribution in [0.15, 0.2) is 63.1 Å². The number of ether oxygens (including phenoxy) is 2. The topological polar surface area (TPSA) is 74.8 Å². The molecule has 0 aliphatic rings. The Labute approximate surface area is 216 Å². The third-order valence-electron chi connectivity index (χ3n) is 5.87. The molecule has 0 amide bonds. The summed E-state index contributed by atoms with van der Waals surface area (Å²) >= 11 is 5.98. The van der Waals surface area contributed by atoms with Crippen LogP contribution in [0.25, 0.3) is 0 Å². The van der Waals surface area contributed by atoms with Gasteiger partial charge in [0.2, 0.25) is 0 Å². The van der Waals surface area contributed by atoms with Crippen LogP contribution in [0, 0.1) is 12.8 Å². The SMILES string of the molecule is CCC(CCc1ccc(Cl)cc1)C(=Nc1c(C)c(=O)n(C)c(=O)n1C)Oc1cccc(OC(F)(F)F)c1. The lowest BCUT2D eigenvalue weighted by atomic mass is 9.96. The molecule has 3 rings (SSSR count). The summed E-state index contributed by atoms with van der Waals surface area (Å²) < 4.78 is 50.4. The zero-order valence-corrected chi connectivity index (χ0v) is 21.6. The van der Waals surface area contributed by atoms with E-state index in [0.29, 0.717) is 24.3 Å². The van der Waals surface area contributed by atoms with Crippen LogP contribution in [0.2, 0.25) is 5.02 Å². The molecule has 2 aromatic carbocycles. The number of rotatable bonds is 8. The standard InChI is InChI=1S/C26H27ClF3N3O4/c1-5-18(12-9-17-10-13-19(27)14-11-17)23(31-22-16(2)24(34)33(4)25(35)32(22)3)36-20-7-6-8-21(15-20)37-26(28,29)30/h6-8,10-11,13-15,18H,5,9,12H2,1-4H3. The predicted octanol–water partition coefficient (Wildman–Crippen LogP) is 5.71. The first-order valence-corrected chi connectivity index (χ1v) is 11.9. The lowest BCUT2D eigenvalue weighted by Crippen LogP contribution is -2.38. The summed E-state index contributed by atoms with van der Waals surface area (Å²) in [6.07, 6.45) is -3.07. The highest BCUT2D eigenvalue weighted by Gasteiger charge is 2.31. The molecule has 0 saturated carbocycles. The lowest BCUT2D eigenvalue weighted by molar-refractivity contribution is -0.274. The van der Waals surface area contributed by atoms with E-state index in [0.717, 1.165) is 22.3 Å². The van der Waals surface area contributed by atoms with Gasteiger partial charge in [-0.05, 0) is 56.0 Å². The summed E-state index contributed by atoms with van der Waals surface area (Å²) in [7, 11) is 2.85. The molecule has 0 spiro atoms. The van der Waals surface area contributed by atoms with Crippen molar-refractivity contribution >= 4 is 23.3 Å². The van der Waals surface area contributed by atoms with Crippen molar-refractivity contribution in [1.29, 1.82) is 0 Å². The van der Waals surface area contributed by atoms with Crippen molar-refractivity contribution in [2.24, 2.45) is 25.0 Å². The predicted molar refractivity (Wildman–Crippen MR) is 136 cm³/mol. The molecule has 37 heavy (non-hydrogen) atoms. The molecule has 1 aromatic heterocycles. The van der Waals surface area contributed by atoms with Gasteiger partial charge in [0.1, 0.15) is 17.3 Å². The number of aliphatic imine (C=N–C) groups is 1. The number of aryl methyl sites for hydroxylation is 1. The van der Waals surface area contributed by atoms with Gasteiger partial charge in [0.25, 0.3) is 5.56 Å². The minimum Gasteiger partial charge on any atom is -0.442 e. The van der Waals surface area contributed by atoms with Crippen molar-refractivity contribution in [2.45, 2.75) is 39.5 Å². The average Bonchev–Trinajstić information content (AvgIpc) is 2.84. The van der Waals surface area contributed by atoms with Gasteiger partial charge in [-0.25, -0.2) is 4.79 Å². The Bertz CT molecular complexity index is 1360. The van der Waals surface area contributed by atoms with Crippen molar-refractivity contribution < 1.29 is 22.6 Å². The highest BCUT2D eigenvalue weighted by Crippen LogP contribution is 2.28. The van der Waals surface area contributed by atoms with Crippen LogP contribution in [0.3, 0.4) is 0 Å². The Morgan fingerprint density at radius 2 is 1.70 bits per heavy atom. The summed E-state index contributed by atoms with van der Waals surface area (Å²) in [5, 5.41) is 0.615. The minimum atomic E-state index is -4.86. The fourth-order valence-corrected chi connectivity index (χ4v) is 3.94. The van der Waals surface area contributed by atoms with E-state index in [4.69, 9.17) is 16.3 Å². The van der Waals surface area contributed by atoms with Gasteiger partial charge in [0.15, 0.2) is 5.90 Å². The van der Waals surface area contributed by atoms with Crippen LogP contribution < -0.4 is 20.7 Å². The van der Waals surface area contributed by atoms with Gasteiger partial charge in [-0.2, -0.15) is 4.99 Å². The van der Waals surface area contributed by atoms with Crippen molar-refractivity contribution in [1.82, 2.24) is 9.13 Å². The van der Waals surface area contributed by atoms with Crippen LogP contribution in [-0.2, 0) is 20.5 Å². The lowest BCUT2D eigenvalue weighted by Gasteiger charge is -2.20. The number of alkyl halides is 3. The van der Waals surface area contributed by atoms with Gasteiger partial charge >= 0.3 is 12.1 Å². The molecule has 1 heterocycles. The maximum absolute atomic E-state index is 12.7. The zero-order chi connectivity index (χ0) is 27.3. The van der Waals surface area contributed by atoms with E-state index in [1.165, 1.54) is 30.8 Å². The number of hydrogen-bond donors (Lipinski definition) is 0. The second-order valence-electron chi connectivity index (χ2n) is 8.50. The second-order valence-corrected chi connectivity index (χ2v) is 8.94. The number of hydrogen-bond acceptors (Lipinski definition) is 5. The van der Waals surface area contributed by atoms with E-state index in [9.17, 15) is 22.8 Å². The number of aromatic nitrogens is 2. The summed E-state index contributed by atoms with van der Waals surface area (Å²) in [6.45, 7) is 3.47. The number of halogens is 4. The molecule has 1 atom stereocenters. The highest BCUT2D eigenvalue weighted by atomic mass is 35.5. The fraction of sp³-hybridized carbons (Fsp3) is 0.346. The molecule has 0 aliphatic carbocycles. The van der Waals surface area contributed by atoms with E-state index in [2.05, 4.69) is 9.73 Å². The normalized spacial score (nSPS) is 12.9. The minimum absolute atomic E-state index is 0.0666. The summed E-state index contributed by atoms with van der Waals surface area (Å²) in [5.41, 5.74) is 0.187. The van der Waals surface area contributed by atoms with E-state index in [-0.39, 0.29) is 28.9 Å². The maximum atomic E-state index is 12.7. The third kappa shape index (κ3) is 7.25. The zero-order valence-electron chi connectivity index (χ0n) is 20.8. The monoisotopic (exact) mass is 537 g/mol. The Morgan fingerprint density at radius 1 is 1.05 bits per heavy atom.